The van der Waals surface area contributed by atoms with Gasteiger partial charge >= 0.3 is 0 Å². The van der Waals surface area contributed by atoms with E-state index in [9.17, 15) is 0 Å². The van der Waals surface area contributed by atoms with E-state index in [0.717, 1.165) is 25.0 Å². The molecule has 1 aromatic carbocycles. The maximum Gasteiger partial charge on any atom is 0.119 e. The SMILES string of the molecule is [2H]C([2H])([2H])N1CCC23CCCC[C@@H]2[C@@H]1Cc1ccc(OC)cc13. The van der Waals surface area contributed by atoms with E-state index < -0.39 is 6.98 Å². The van der Waals surface area contributed by atoms with E-state index in [1.165, 1.54) is 30.4 Å². The first-order valence-corrected chi connectivity index (χ1v) is 7.90. The van der Waals surface area contributed by atoms with Gasteiger partial charge in [-0.3, -0.25) is 0 Å². The first-order valence-electron chi connectivity index (χ1n) is 9.40. The van der Waals surface area contributed by atoms with Gasteiger partial charge in [-0.15, -0.1) is 0 Å². The smallest absolute Gasteiger partial charge is 0.119 e. The van der Waals surface area contributed by atoms with Crippen LogP contribution in [0.4, 0.5) is 0 Å². The molecule has 2 bridgehead atoms. The number of ether oxygens (including phenoxy) is 1. The van der Waals surface area contributed by atoms with Gasteiger partial charge in [-0.05, 0) is 68.4 Å². The summed E-state index contributed by atoms with van der Waals surface area (Å²) >= 11 is 0. The highest BCUT2D eigenvalue weighted by molar-refractivity contribution is 5.45. The summed E-state index contributed by atoms with van der Waals surface area (Å²) in [7, 11) is 1.72. The van der Waals surface area contributed by atoms with E-state index in [2.05, 4.69) is 12.1 Å². The average molecular weight is 274 g/mol. The van der Waals surface area contributed by atoms with Crippen molar-refractivity contribution in [2.24, 2.45) is 5.92 Å². The molecule has 2 heteroatoms. The van der Waals surface area contributed by atoms with Crippen molar-refractivity contribution in [3.05, 3.63) is 29.3 Å². The van der Waals surface area contributed by atoms with Crippen LogP contribution in [0.3, 0.4) is 0 Å². The summed E-state index contributed by atoms with van der Waals surface area (Å²) in [5, 5.41) is 0. The predicted octanol–water partition coefficient (Wildman–Crippen LogP) is 3.38. The third-order valence-electron chi connectivity index (χ3n) is 6.04. The molecule has 3 atom stereocenters. The molecular weight excluding hydrogens is 246 g/mol. The van der Waals surface area contributed by atoms with Crippen LogP contribution < -0.4 is 4.74 Å². The van der Waals surface area contributed by atoms with Crippen LogP contribution in [0.15, 0.2) is 18.2 Å². The molecule has 4 rings (SSSR count). The van der Waals surface area contributed by atoms with Crippen LogP contribution in [0.5, 0.6) is 5.75 Å². The molecule has 108 valence electrons. The van der Waals surface area contributed by atoms with Crippen molar-refractivity contribution in [2.45, 2.75) is 50.0 Å². The van der Waals surface area contributed by atoms with Gasteiger partial charge in [0.15, 0.2) is 0 Å². The maximum atomic E-state index is 7.94. The number of hydrogen-bond donors (Lipinski definition) is 0. The average Bonchev–Trinajstić information content (AvgIpc) is 2.53. The highest BCUT2D eigenvalue weighted by Gasteiger charge is 2.53. The highest BCUT2D eigenvalue weighted by Crippen LogP contribution is 2.55. The zero-order chi connectivity index (χ0) is 16.2. The summed E-state index contributed by atoms with van der Waals surface area (Å²) < 4.78 is 29.3. The zero-order valence-corrected chi connectivity index (χ0v) is 12.2. The lowest BCUT2D eigenvalue weighted by Crippen LogP contribution is -2.59. The fraction of sp³-hybridized carbons (Fsp3) is 0.667. The Kier molecular flexibility index (Phi) is 2.21. The minimum absolute atomic E-state index is 0.164. The van der Waals surface area contributed by atoms with E-state index in [0.29, 0.717) is 12.5 Å². The zero-order valence-electron chi connectivity index (χ0n) is 15.2. The lowest BCUT2D eigenvalue weighted by molar-refractivity contribution is 0.00274. The fourth-order valence-corrected chi connectivity index (χ4v) is 5.11. The molecule has 1 aliphatic heterocycles. The third-order valence-corrected chi connectivity index (χ3v) is 6.04. The summed E-state index contributed by atoms with van der Waals surface area (Å²) in [5.41, 5.74) is 2.96. The molecule has 2 fully saturated rings. The van der Waals surface area contributed by atoms with Gasteiger partial charge < -0.3 is 9.64 Å². The van der Waals surface area contributed by atoms with Crippen LogP contribution in [0.25, 0.3) is 0 Å². The number of rotatable bonds is 1. The van der Waals surface area contributed by atoms with Crippen molar-refractivity contribution in [3.8, 4) is 5.75 Å². The van der Waals surface area contributed by atoms with E-state index in [1.54, 1.807) is 7.11 Å². The number of methoxy groups -OCH3 is 1. The molecule has 0 N–H and O–H groups in total. The van der Waals surface area contributed by atoms with Crippen LogP contribution >= 0.6 is 0 Å². The van der Waals surface area contributed by atoms with Crippen LogP contribution in [0, 0.1) is 5.92 Å². The van der Waals surface area contributed by atoms with Crippen LogP contribution in [0.2, 0.25) is 0 Å². The Morgan fingerprint density at radius 1 is 1.35 bits per heavy atom. The van der Waals surface area contributed by atoms with E-state index >= 15 is 0 Å². The second-order valence-electron chi connectivity index (χ2n) is 6.75. The number of nitrogens with zero attached hydrogens (tertiary/aromatic N) is 1. The van der Waals surface area contributed by atoms with E-state index in [-0.39, 0.29) is 11.5 Å². The van der Waals surface area contributed by atoms with E-state index in [4.69, 9.17) is 8.85 Å². The molecule has 1 saturated carbocycles. The number of benzene rings is 1. The van der Waals surface area contributed by atoms with Gasteiger partial charge in [0.25, 0.3) is 0 Å². The van der Waals surface area contributed by atoms with Crippen LogP contribution in [0.1, 0.15) is 47.3 Å². The van der Waals surface area contributed by atoms with Gasteiger partial charge in [-0.1, -0.05) is 18.9 Å². The number of likely N-dealkylation sites (N-methyl/N-ethyl adjacent to an activating group) is 1. The molecule has 1 unspecified atom stereocenters. The molecular formula is C18H25NO. The number of hydrogen-bond acceptors (Lipinski definition) is 2. The lowest BCUT2D eigenvalue weighted by Gasteiger charge is -2.58. The van der Waals surface area contributed by atoms with Gasteiger partial charge in [0.2, 0.25) is 0 Å². The molecule has 0 aromatic heterocycles. The number of piperidine rings is 1. The molecule has 0 spiro atoms. The van der Waals surface area contributed by atoms with Crippen molar-refractivity contribution < 1.29 is 8.85 Å². The summed E-state index contributed by atoms with van der Waals surface area (Å²) in [4.78, 5) is 1.81. The van der Waals surface area contributed by atoms with Gasteiger partial charge in [-0.25, -0.2) is 0 Å². The highest BCUT2D eigenvalue weighted by atomic mass is 16.5. The molecule has 1 heterocycles. The molecule has 3 aliphatic rings. The Balaban J connectivity index is 1.84. The van der Waals surface area contributed by atoms with Crippen molar-refractivity contribution in [1.29, 1.82) is 0 Å². The predicted molar refractivity (Wildman–Crippen MR) is 81.4 cm³/mol. The fourth-order valence-electron chi connectivity index (χ4n) is 5.11. The Hall–Kier alpha value is -1.02. The topological polar surface area (TPSA) is 12.5 Å². The molecule has 0 amide bonds. The van der Waals surface area contributed by atoms with Crippen LogP contribution in [-0.2, 0) is 11.8 Å². The molecule has 2 aliphatic carbocycles. The second kappa shape index (κ2) is 4.49. The Morgan fingerprint density at radius 3 is 3.15 bits per heavy atom. The second-order valence-corrected chi connectivity index (χ2v) is 6.75. The van der Waals surface area contributed by atoms with Crippen molar-refractivity contribution in [2.75, 3.05) is 20.6 Å². The first-order chi connectivity index (χ1) is 11.0. The van der Waals surface area contributed by atoms with Crippen molar-refractivity contribution >= 4 is 0 Å². The molecule has 20 heavy (non-hydrogen) atoms. The molecule has 2 nitrogen and oxygen atoms in total. The Labute approximate surface area is 126 Å². The van der Waals surface area contributed by atoms with E-state index in [1.807, 2.05) is 11.0 Å². The third kappa shape index (κ3) is 1.60. The van der Waals surface area contributed by atoms with Gasteiger partial charge in [0, 0.05) is 15.6 Å². The Morgan fingerprint density at radius 2 is 2.30 bits per heavy atom. The lowest BCUT2D eigenvalue weighted by atomic mass is 9.52. The molecule has 0 radical (unpaired) electrons. The van der Waals surface area contributed by atoms with Gasteiger partial charge in [0.1, 0.15) is 5.75 Å². The molecule has 1 saturated heterocycles. The maximum absolute atomic E-state index is 7.94. The number of fused-ring (bicyclic) bond motifs is 1. The standard InChI is InChI=1S/C18H25NO/c1-19-10-9-18-8-4-3-5-15(18)17(19)11-13-6-7-14(20-2)12-16(13)18/h6-7,12,15,17H,3-5,8-11H2,1-2H3/t15-,17+,18?/m1/s1/i1D3. The number of likely N-dealkylation sites (tertiary alicyclic amines) is 1. The first kappa shape index (κ1) is 9.83. The van der Waals surface area contributed by atoms with Crippen molar-refractivity contribution in [1.82, 2.24) is 4.90 Å². The quantitative estimate of drug-likeness (QED) is 0.778. The minimum Gasteiger partial charge on any atom is -0.497 e. The van der Waals surface area contributed by atoms with Crippen LogP contribution in [-0.4, -0.2) is 31.6 Å². The normalized spacial score (nSPS) is 39.0. The monoisotopic (exact) mass is 274 g/mol. The molecule has 1 aromatic rings. The summed E-state index contributed by atoms with van der Waals surface area (Å²) in [6.07, 6.45) is 6.68. The minimum atomic E-state index is -1.97. The van der Waals surface area contributed by atoms with Gasteiger partial charge in [-0.2, -0.15) is 0 Å². The van der Waals surface area contributed by atoms with Crippen molar-refractivity contribution in [3.63, 3.8) is 0 Å². The summed E-state index contributed by atoms with van der Waals surface area (Å²) in [5.74, 6) is 1.41. The largest absolute Gasteiger partial charge is 0.497 e. The van der Waals surface area contributed by atoms with Gasteiger partial charge in [0.05, 0.1) is 7.11 Å². The Bertz CT molecular complexity index is 615. The summed E-state index contributed by atoms with van der Waals surface area (Å²) in [6, 6.07) is 6.58. The summed E-state index contributed by atoms with van der Waals surface area (Å²) in [6.45, 7) is -1.29.